The standard InChI is InChI=1S/C14H15N5O/c1-9-18-10(5-15)11(6-16)19(9)8-13-17-7-12(20-13)14(2,3)4/h7H,8H2,1-4H3. The second-order valence-corrected chi connectivity index (χ2v) is 5.53. The summed E-state index contributed by atoms with van der Waals surface area (Å²) in [5, 5.41) is 18.1. The number of rotatable bonds is 2. The van der Waals surface area contributed by atoms with Gasteiger partial charge in [0, 0.05) is 5.41 Å². The van der Waals surface area contributed by atoms with Crippen LogP contribution < -0.4 is 0 Å². The molecule has 0 amide bonds. The largest absolute Gasteiger partial charge is 0.443 e. The molecule has 102 valence electrons. The van der Waals surface area contributed by atoms with Gasteiger partial charge in [0.25, 0.3) is 0 Å². The molecule has 2 rings (SSSR count). The van der Waals surface area contributed by atoms with Crippen molar-refractivity contribution in [1.29, 1.82) is 10.5 Å². The zero-order valence-corrected chi connectivity index (χ0v) is 11.9. The first-order valence-corrected chi connectivity index (χ1v) is 6.19. The highest BCUT2D eigenvalue weighted by atomic mass is 16.4. The van der Waals surface area contributed by atoms with Crippen LogP contribution in [0.5, 0.6) is 0 Å². The van der Waals surface area contributed by atoms with E-state index in [1.807, 2.05) is 32.9 Å². The maximum absolute atomic E-state index is 9.14. The Morgan fingerprint density at radius 1 is 1.30 bits per heavy atom. The maximum Gasteiger partial charge on any atom is 0.214 e. The van der Waals surface area contributed by atoms with Gasteiger partial charge in [-0.2, -0.15) is 10.5 Å². The Balaban J connectivity index is 2.37. The summed E-state index contributed by atoms with van der Waals surface area (Å²) in [5.41, 5.74) is 0.249. The molecule has 0 atom stereocenters. The molecule has 2 aromatic rings. The van der Waals surface area contributed by atoms with Crippen LogP contribution in [0, 0.1) is 29.6 Å². The number of aryl methyl sites for hydroxylation is 1. The molecule has 0 aliphatic heterocycles. The molecule has 6 nitrogen and oxygen atoms in total. The average Bonchev–Trinajstić information content (AvgIpc) is 2.95. The Kier molecular flexibility index (Phi) is 3.33. The van der Waals surface area contributed by atoms with Gasteiger partial charge < -0.3 is 8.98 Å². The zero-order valence-electron chi connectivity index (χ0n) is 11.9. The van der Waals surface area contributed by atoms with Gasteiger partial charge in [-0.25, -0.2) is 9.97 Å². The van der Waals surface area contributed by atoms with E-state index in [4.69, 9.17) is 14.9 Å². The molecule has 0 spiro atoms. The number of nitriles is 2. The van der Waals surface area contributed by atoms with Gasteiger partial charge in [0.1, 0.15) is 30.3 Å². The summed E-state index contributed by atoms with van der Waals surface area (Å²) in [7, 11) is 0. The van der Waals surface area contributed by atoms with Crippen LogP contribution in [0.2, 0.25) is 0 Å². The minimum Gasteiger partial charge on any atom is -0.443 e. The van der Waals surface area contributed by atoms with Crippen molar-refractivity contribution >= 4 is 0 Å². The van der Waals surface area contributed by atoms with Crippen LogP contribution in [0.25, 0.3) is 0 Å². The van der Waals surface area contributed by atoms with Gasteiger partial charge in [-0.15, -0.1) is 0 Å². The first kappa shape index (κ1) is 13.8. The van der Waals surface area contributed by atoms with Gasteiger partial charge in [0.2, 0.25) is 5.89 Å². The van der Waals surface area contributed by atoms with Crippen LogP contribution in [0.4, 0.5) is 0 Å². The molecule has 0 aliphatic carbocycles. The van der Waals surface area contributed by atoms with Crippen LogP contribution >= 0.6 is 0 Å². The third-order valence-electron chi connectivity index (χ3n) is 2.96. The fraction of sp³-hybridized carbons (Fsp3) is 0.429. The molecule has 0 unspecified atom stereocenters. The van der Waals surface area contributed by atoms with E-state index in [0.717, 1.165) is 5.76 Å². The van der Waals surface area contributed by atoms with E-state index >= 15 is 0 Å². The van der Waals surface area contributed by atoms with E-state index in [1.54, 1.807) is 17.7 Å². The van der Waals surface area contributed by atoms with Gasteiger partial charge in [0.15, 0.2) is 11.4 Å². The number of nitrogens with zero attached hydrogens (tertiary/aromatic N) is 5. The smallest absolute Gasteiger partial charge is 0.214 e. The second kappa shape index (κ2) is 4.82. The lowest BCUT2D eigenvalue weighted by Gasteiger charge is -2.13. The minimum atomic E-state index is -0.120. The highest BCUT2D eigenvalue weighted by Crippen LogP contribution is 2.23. The second-order valence-electron chi connectivity index (χ2n) is 5.53. The van der Waals surface area contributed by atoms with Crippen LogP contribution in [-0.2, 0) is 12.0 Å². The third-order valence-corrected chi connectivity index (χ3v) is 2.96. The highest BCUT2D eigenvalue weighted by molar-refractivity contribution is 5.38. The van der Waals surface area contributed by atoms with Crippen molar-refractivity contribution in [3.8, 4) is 12.1 Å². The SMILES string of the molecule is Cc1nc(C#N)c(C#N)n1Cc1ncc(C(C)(C)C)o1. The molecule has 6 heteroatoms. The molecule has 0 saturated carbocycles. The molecular weight excluding hydrogens is 254 g/mol. The van der Waals surface area contributed by atoms with Crippen molar-refractivity contribution in [3.05, 3.63) is 35.1 Å². The summed E-state index contributed by atoms with van der Waals surface area (Å²) in [6, 6.07) is 3.92. The molecule has 0 aliphatic rings. The van der Waals surface area contributed by atoms with E-state index in [2.05, 4.69) is 9.97 Å². The summed E-state index contributed by atoms with van der Waals surface area (Å²) in [6.07, 6.45) is 1.69. The summed E-state index contributed by atoms with van der Waals surface area (Å²) in [6.45, 7) is 8.14. The molecule has 2 heterocycles. The highest BCUT2D eigenvalue weighted by Gasteiger charge is 2.21. The lowest BCUT2D eigenvalue weighted by molar-refractivity contribution is 0.375. The normalized spacial score (nSPS) is 11.1. The number of oxazole rings is 1. The Bertz CT molecular complexity index is 718. The Hall–Kier alpha value is -2.60. The lowest BCUT2D eigenvalue weighted by Crippen LogP contribution is -2.09. The Morgan fingerprint density at radius 2 is 2.00 bits per heavy atom. The number of hydrogen-bond donors (Lipinski definition) is 0. The molecule has 20 heavy (non-hydrogen) atoms. The van der Waals surface area contributed by atoms with Gasteiger partial charge >= 0.3 is 0 Å². The van der Waals surface area contributed by atoms with Gasteiger partial charge in [-0.05, 0) is 6.92 Å². The van der Waals surface area contributed by atoms with Gasteiger partial charge in [-0.3, -0.25) is 0 Å². The van der Waals surface area contributed by atoms with Crippen LogP contribution in [0.15, 0.2) is 10.6 Å². The fourth-order valence-corrected chi connectivity index (χ4v) is 1.81. The Morgan fingerprint density at radius 3 is 2.50 bits per heavy atom. The van der Waals surface area contributed by atoms with E-state index < -0.39 is 0 Å². The zero-order chi connectivity index (χ0) is 14.9. The average molecular weight is 269 g/mol. The third kappa shape index (κ3) is 2.41. The minimum absolute atomic E-state index is 0.120. The topological polar surface area (TPSA) is 91.4 Å². The van der Waals surface area contributed by atoms with E-state index in [0.29, 0.717) is 18.3 Å². The summed E-state index contributed by atoms with van der Waals surface area (Å²) < 4.78 is 7.33. The maximum atomic E-state index is 9.14. The molecule has 0 bridgehead atoms. The molecule has 0 radical (unpaired) electrons. The first-order valence-electron chi connectivity index (χ1n) is 6.19. The molecule has 0 saturated heterocycles. The summed E-state index contributed by atoms with van der Waals surface area (Å²) in [4.78, 5) is 8.28. The molecule has 0 N–H and O–H groups in total. The molecule has 0 aromatic carbocycles. The van der Waals surface area contributed by atoms with Crippen molar-refractivity contribution in [1.82, 2.24) is 14.5 Å². The molecule has 0 fully saturated rings. The predicted octanol–water partition coefficient (Wildman–Crippen LogP) is 2.27. The molecular formula is C14H15N5O. The Labute approximate surface area is 117 Å². The quantitative estimate of drug-likeness (QED) is 0.833. The monoisotopic (exact) mass is 269 g/mol. The van der Waals surface area contributed by atoms with Crippen molar-refractivity contribution in [3.63, 3.8) is 0 Å². The number of hydrogen-bond acceptors (Lipinski definition) is 5. The van der Waals surface area contributed by atoms with Gasteiger partial charge in [-0.1, -0.05) is 20.8 Å². The molecule has 2 aromatic heterocycles. The van der Waals surface area contributed by atoms with Crippen molar-refractivity contribution < 1.29 is 4.42 Å². The number of imidazole rings is 1. The van der Waals surface area contributed by atoms with Crippen molar-refractivity contribution in [2.24, 2.45) is 0 Å². The van der Waals surface area contributed by atoms with Crippen molar-refractivity contribution in [2.45, 2.75) is 39.7 Å². The van der Waals surface area contributed by atoms with E-state index in [1.165, 1.54) is 0 Å². The van der Waals surface area contributed by atoms with E-state index in [-0.39, 0.29) is 16.8 Å². The van der Waals surface area contributed by atoms with Gasteiger partial charge in [0.05, 0.1) is 6.20 Å². The summed E-state index contributed by atoms with van der Waals surface area (Å²) in [5.74, 6) is 1.87. The fourth-order valence-electron chi connectivity index (χ4n) is 1.81. The van der Waals surface area contributed by atoms with Crippen LogP contribution in [0.3, 0.4) is 0 Å². The predicted molar refractivity (Wildman–Crippen MR) is 70.7 cm³/mol. The van der Waals surface area contributed by atoms with E-state index in [9.17, 15) is 0 Å². The first-order chi connectivity index (χ1) is 9.36. The van der Waals surface area contributed by atoms with Crippen LogP contribution in [0.1, 0.15) is 49.6 Å². The number of aromatic nitrogens is 3. The van der Waals surface area contributed by atoms with Crippen LogP contribution in [-0.4, -0.2) is 14.5 Å². The summed E-state index contributed by atoms with van der Waals surface area (Å²) >= 11 is 0. The van der Waals surface area contributed by atoms with Crippen molar-refractivity contribution in [2.75, 3.05) is 0 Å². The lowest BCUT2D eigenvalue weighted by atomic mass is 9.94.